The largest absolute Gasteiger partial charge is 0.418 e. The molecular weight excluding hydrogens is 359 g/mol. The molecule has 8 heteroatoms. The molecule has 0 aliphatic heterocycles. The van der Waals surface area contributed by atoms with Crippen LogP contribution in [0.5, 0.6) is 0 Å². The number of amides is 2. The lowest BCUT2D eigenvalue weighted by Crippen LogP contribution is -2.28. The monoisotopic (exact) mass is 379 g/mol. The molecule has 27 heavy (non-hydrogen) atoms. The Morgan fingerprint density at radius 1 is 1.19 bits per heavy atom. The highest BCUT2D eigenvalue weighted by molar-refractivity contribution is 6.06. The van der Waals surface area contributed by atoms with Crippen LogP contribution < -0.4 is 5.32 Å². The minimum absolute atomic E-state index is 0.0502. The van der Waals surface area contributed by atoms with Crippen LogP contribution in [0.25, 0.3) is 0 Å². The predicted octanol–water partition coefficient (Wildman–Crippen LogP) is 4.22. The van der Waals surface area contributed by atoms with Crippen molar-refractivity contribution in [2.75, 3.05) is 18.9 Å². The van der Waals surface area contributed by atoms with Crippen LogP contribution >= 0.6 is 0 Å². The topological polar surface area (TPSA) is 62.3 Å². The number of benzene rings is 1. The van der Waals surface area contributed by atoms with Crippen molar-refractivity contribution < 1.29 is 22.8 Å². The van der Waals surface area contributed by atoms with Crippen LogP contribution in [0.1, 0.15) is 46.2 Å². The Bertz CT molecular complexity index is 822. The van der Waals surface area contributed by atoms with Gasteiger partial charge in [0.2, 0.25) is 0 Å². The maximum Gasteiger partial charge on any atom is 0.418 e. The van der Waals surface area contributed by atoms with Gasteiger partial charge in [-0.3, -0.25) is 14.6 Å². The third kappa shape index (κ3) is 5.29. The van der Waals surface area contributed by atoms with Crippen molar-refractivity contribution in [2.24, 2.45) is 0 Å². The van der Waals surface area contributed by atoms with E-state index in [2.05, 4.69) is 10.3 Å². The molecule has 0 bridgehead atoms. The third-order valence-electron chi connectivity index (χ3n) is 3.92. The average Bonchev–Trinajstić information content (AvgIpc) is 2.65. The van der Waals surface area contributed by atoms with Crippen molar-refractivity contribution in [1.29, 1.82) is 0 Å². The Morgan fingerprint density at radius 3 is 2.56 bits per heavy atom. The molecule has 0 unspecified atom stereocenters. The van der Waals surface area contributed by atoms with Gasteiger partial charge in [0.1, 0.15) is 5.69 Å². The number of aromatic nitrogens is 1. The van der Waals surface area contributed by atoms with Crippen LogP contribution in [0.3, 0.4) is 0 Å². The summed E-state index contributed by atoms with van der Waals surface area (Å²) in [6, 6.07) is 7.32. The van der Waals surface area contributed by atoms with Crippen LogP contribution in [-0.2, 0) is 6.18 Å². The summed E-state index contributed by atoms with van der Waals surface area (Å²) < 4.78 is 39.2. The van der Waals surface area contributed by atoms with Crippen LogP contribution in [0.15, 0.2) is 42.6 Å². The quantitative estimate of drug-likeness (QED) is 0.817. The number of alkyl halides is 3. The molecule has 1 aromatic carbocycles. The van der Waals surface area contributed by atoms with Crippen molar-refractivity contribution in [3.8, 4) is 0 Å². The molecule has 5 nitrogen and oxygen atoms in total. The molecule has 2 rings (SSSR count). The fourth-order valence-corrected chi connectivity index (χ4v) is 2.41. The van der Waals surface area contributed by atoms with E-state index < -0.39 is 17.6 Å². The summed E-state index contributed by atoms with van der Waals surface area (Å²) >= 11 is 0. The zero-order valence-electron chi connectivity index (χ0n) is 15.0. The van der Waals surface area contributed by atoms with Gasteiger partial charge in [-0.2, -0.15) is 13.2 Å². The Morgan fingerprint density at radius 2 is 1.89 bits per heavy atom. The van der Waals surface area contributed by atoms with E-state index in [9.17, 15) is 22.8 Å². The molecule has 144 valence electrons. The van der Waals surface area contributed by atoms with Gasteiger partial charge in [-0.25, -0.2) is 0 Å². The van der Waals surface area contributed by atoms with Gasteiger partial charge < -0.3 is 10.2 Å². The van der Waals surface area contributed by atoms with E-state index in [-0.39, 0.29) is 22.9 Å². The van der Waals surface area contributed by atoms with E-state index >= 15 is 0 Å². The lowest BCUT2D eigenvalue weighted by molar-refractivity contribution is -0.136. The van der Waals surface area contributed by atoms with E-state index in [1.54, 1.807) is 7.05 Å². The fourth-order valence-electron chi connectivity index (χ4n) is 2.41. The van der Waals surface area contributed by atoms with Gasteiger partial charge in [0.15, 0.2) is 0 Å². The smallest absolute Gasteiger partial charge is 0.340 e. The molecule has 0 saturated carbocycles. The molecule has 0 aliphatic carbocycles. The molecule has 1 heterocycles. The van der Waals surface area contributed by atoms with Gasteiger partial charge in [0.25, 0.3) is 11.8 Å². The number of hydrogen-bond acceptors (Lipinski definition) is 3. The normalized spacial score (nSPS) is 11.1. The highest BCUT2D eigenvalue weighted by atomic mass is 19.4. The molecule has 0 saturated heterocycles. The first kappa shape index (κ1) is 20.4. The standard InChI is InChI=1S/C19H20F3N3O2/c1-3-4-11-25(2)18(27)16-12-13(9-10-23-16)17(26)24-15-8-6-5-7-14(15)19(20,21)22/h5-10,12H,3-4,11H2,1-2H3,(H,24,26). The lowest BCUT2D eigenvalue weighted by Gasteiger charge is -2.16. The minimum Gasteiger partial charge on any atom is -0.340 e. The number of anilines is 1. The van der Waals surface area contributed by atoms with Crippen molar-refractivity contribution >= 4 is 17.5 Å². The van der Waals surface area contributed by atoms with Gasteiger partial charge >= 0.3 is 6.18 Å². The number of para-hydroxylation sites is 1. The number of rotatable bonds is 6. The number of carbonyl (C=O) groups is 2. The molecular formula is C19H20F3N3O2. The molecule has 0 spiro atoms. The van der Waals surface area contributed by atoms with Gasteiger partial charge in [-0.05, 0) is 30.7 Å². The molecule has 0 aliphatic rings. The van der Waals surface area contributed by atoms with E-state index in [0.29, 0.717) is 6.54 Å². The maximum absolute atomic E-state index is 13.1. The third-order valence-corrected chi connectivity index (χ3v) is 3.92. The number of pyridine rings is 1. The first-order valence-corrected chi connectivity index (χ1v) is 8.43. The summed E-state index contributed by atoms with van der Waals surface area (Å²) in [5, 5.41) is 2.25. The predicted molar refractivity (Wildman–Crippen MR) is 95.5 cm³/mol. The van der Waals surface area contributed by atoms with Crippen LogP contribution in [0.4, 0.5) is 18.9 Å². The number of halogens is 3. The summed E-state index contributed by atoms with van der Waals surface area (Å²) in [6.07, 6.45) is -1.56. The van der Waals surface area contributed by atoms with Crippen molar-refractivity contribution in [1.82, 2.24) is 9.88 Å². The van der Waals surface area contributed by atoms with E-state index in [0.717, 1.165) is 18.9 Å². The summed E-state index contributed by atoms with van der Waals surface area (Å²) in [7, 11) is 1.63. The highest BCUT2D eigenvalue weighted by Crippen LogP contribution is 2.34. The lowest BCUT2D eigenvalue weighted by atomic mass is 10.1. The number of hydrogen-bond donors (Lipinski definition) is 1. The fraction of sp³-hybridized carbons (Fsp3) is 0.316. The molecule has 0 fully saturated rings. The zero-order chi connectivity index (χ0) is 20.0. The Labute approximate surface area is 155 Å². The van der Waals surface area contributed by atoms with E-state index in [1.807, 2.05) is 6.92 Å². The number of nitrogens with zero attached hydrogens (tertiary/aromatic N) is 2. The molecule has 1 aromatic heterocycles. The van der Waals surface area contributed by atoms with Crippen LogP contribution in [0.2, 0.25) is 0 Å². The molecule has 0 radical (unpaired) electrons. The first-order chi connectivity index (χ1) is 12.7. The maximum atomic E-state index is 13.1. The summed E-state index contributed by atoms with van der Waals surface area (Å²) in [5.41, 5.74) is -1.18. The number of unbranched alkanes of at least 4 members (excludes halogenated alkanes) is 1. The van der Waals surface area contributed by atoms with E-state index in [1.165, 1.54) is 41.4 Å². The Balaban J connectivity index is 2.20. The Hall–Kier alpha value is -2.90. The number of nitrogens with one attached hydrogen (secondary N) is 1. The zero-order valence-corrected chi connectivity index (χ0v) is 15.0. The highest BCUT2D eigenvalue weighted by Gasteiger charge is 2.33. The second-order valence-corrected chi connectivity index (χ2v) is 6.01. The van der Waals surface area contributed by atoms with Crippen molar-refractivity contribution in [3.63, 3.8) is 0 Å². The first-order valence-electron chi connectivity index (χ1n) is 8.43. The van der Waals surface area contributed by atoms with E-state index in [4.69, 9.17) is 0 Å². The summed E-state index contributed by atoms with van der Waals surface area (Å²) in [6.45, 7) is 2.55. The molecule has 1 N–H and O–H groups in total. The summed E-state index contributed by atoms with van der Waals surface area (Å²) in [4.78, 5) is 30.2. The van der Waals surface area contributed by atoms with Crippen molar-refractivity contribution in [2.45, 2.75) is 25.9 Å². The van der Waals surface area contributed by atoms with Gasteiger partial charge in [-0.15, -0.1) is 0 Å². The van der Waals surface area contributed by atoms with Crippen LogP contribution in [0, 0.1) is 0 Å². The average molecular weight is 379 g/mol. The van der Waals surface area contributed by atoms with Crippen LogP contribution in [-0.4, -0.2) is 35.3 Å². The van der Waals surface area contributed by atoms with Crippen molar-refractivity contribution in [3.05, 3.63) is 59.4 Å². The summed E-state index contributed by atoms with van der Waals surface area (Å²) in [5.74, 6) is -1.10. The molecule has 2 amide bonds. The second-order valence-electron chi connectivity index (χ2n) is 6.01. The Kier molecular flexibility index (Phi) is 6.55. The number of carbonyl (C=O) groups excluding carboxylic acids is 2. The molecule has 2 aromatic rings. The molecule has 0 atom stereocenters. The van der Waals surface area contributed by atoms with Gasteiger partial charge in [-0.1, -0.05) is 25.5 Å². The minimum atomic E-state index is -4.59. The SMILES string of the molecule is CCCCN(C)C(=O)c1cc(C(=O)Nc2ccccc2C(F)(F)F)ccn1. The van der Waals surface area contributed by atoms with Gasteiger partial charge in [0.05, 0.1) is 11.3 Å². The van der Waals surface area contributed by atoms with Gasteiger partial charge in [0, 0.05) is 25.4 Å². The second kappa shape index (κ2) is 8.66.